The Morgan fingerprint density at radius 3 is 2.28 bits per heavy atom. The fraction of sp³-hybridized carbons (Fsp3) is 0.190. The Balaban J connectivity index is 2.08. The van der Waals surface area contributed by atoms with E-state index in [9.17, 15) is 4.79 Å². The third kappa shape index (κ3) is 3.94. The lowest BCUT2D eigenvalue weighted by molar-refractivity contribution is -0.136. The van der Waals surface area contributed by atoms with Gasteiger partial charge in [-0.1, -0.05) is 42.8 Å². The lowest BCUT2D eigenvalue weighted by Gasteiger charge is -2.14. The molecule has 1 heterocycles. The van der Waals surface area contributed by atoms with E-state index in [2.05, 4.69) is 35.8 Å². The van der Waals surface area contributed by atoms with Gasteiger partial charge in [0.2, 0.25) is 0 Å². The molecule has 1 aromatic heterocycles. The van der Waals surface area contributed by atoms with Crippen LogP contribution in [0.3, 0.4) is 0 Å². The third-order valence-electron chi connectivity index (χ3n) is 4.30. The van der Waals surface area contributed by atoms with E-state index in [1.54, 1.807) is 0 Å². The molecule has 3 rings (SSSR count). The zero-order valence-corrected chi connectivity index (χ0v) is 14.8. The molecule has 0 fully saturated rings. The van der Waals surface area contributed by atoms with Gasteiger partial charge in [0.1, 0.15) is 0 Å². The van der Waals surface area contributed by atoms with Crippen molar-refractivity contribution < 1.29 is 9.90 Å². The number of halogens is 1. The minimum atomic E-state index is -0.790. The number of aryl methyl sites for hydroxylation is 2. The molecule has 128 valence electrons. The maximum Gasteiger partial charge on any atom is 0.303 e. The molecule has 3 nitrogen and oxygen atoms in total. The number of hydrogen-bond donors (Lipinski definition) is 1. The van der Waals surface area contributed by atoms with Gasteiger partial charge < -0.3 is 9.67 Å². The zero-order valence-electron chi connectivity index (χ0n) is 14.1. The fourth-order valence-electron chi connectivity index (χ4n) is 2.94. The molecule has 25 heavy (non-hydrogen) atoms. The summed E-state index contributed by atoms with van der Waals surface area (Å²) in [4.78, 5) is 11.0. The van der Waals surface area contributed by atoms with Gasteiger partial charge in [0.05, 0.1) is 12.1 Å². The average molecular weight is 354 g/mol. The van der Waals surface area contributed by atoms with Gasteiger partial charge in [-0.3, -0.25) is 4.79 Å². The summed E-state index contributed by atoms with van der Waals surface area (Å²) in [5.74, 6) is -0.790. The van der Waals surface area contributed by atoms with Crippen LogP contribution in [-0.2, 0) is 17.6 Å². The highest BCUT2D eigenvalue weighted by Crippen LogP contribution is 2.28. The van der Waals surface area contributed by atoms with E-state index >= 15 is 0 Å². The number of carboxylic acid groups (broad SMARTS) is 1. The molecule has 0 bridgehead atoms. The van der Waals surface area contributed by atoms with E-state index in [0.717, 1.165) is 29.1 Å². The Hall–Kier alpha value is -2.52. The summed E-state index contributed by atoms with van der Waals surface area (Å²) < 4.78 is 2.13. The normalized spacial score (nSPS) is 10.8. The number of carboxylic acids is 1. The van der Waals surface area contributed by atoms with Crippen molar-refractivity contribution in [3.8, 4) is 16.9 Å². The summed E-state index contributed by atoms with van der Waals surface area (Å²) in [7, 11) is 0. The van der Waals surface area contributed by atoms with E-state index in [1.165, 1.54) is 5.56 Å². The van der Waals surface area contributed by atoms with Crippen molar-refractivity contribution in [2.75, 3.05) is 0 Å². The number of nitrogens with zero attached hydrogens (tertiary/aromatic N) is 1. The number of benzene rings is 2. The standard InChI is InChI=1S/C21H20ClNO2/c1-2-15-3-9-18(10-4-15)23-19(12-14-21(24)25)11-13-20(23)16-5-7-17(22)8-6-16/h3-11,13H,2,12,14H2,1H3,(H,24,25). The summed E-state index contributed by atoms with van der Waals surface area (Å²) in [6.07, 6.45) is 1.58. The molecule has 0 saturated carbocycles. The second kappa shape index (κ2) is 7.58. The van der Waals surface area contributed by atoms with Gasteiger partial charge in [0.15, 0.2) is 0 Å². The Bertz CT molecular complexity index is 864. The Morgan fingerprint density at radius 1 is 1.00 bits per heavy atom. The first-order chi connectivity index (χ1) is 12.1. The lowest BCUT2D eigenvalue weighted by Crippen LogP contribution is -2.05. The monoisotopic (exact) mass is 353 g/mol. The fourth-order valence-corrected chi connectivity index (χ4v) is 3.07. The Morgan fingerprint density at radius 2 is 1.68 bits per heavy atom. The molecule has 0 atom stereocenters. The van der Waals surface area contributed by atoms with Gasteiger partial charge in [0.25, 0.3) is 0 Å². The van der Waals surface area contributed by atoms with Crippen LogP contribution in [0.5, 0.6) is 0 Å². The van der Waals surface area contributed by atoms with Crippen molar-refractivity contribution >= 4 is 17.6 Å². The van der Waals surface area contributed by atoms with E-state index < -0.39 is 5.97 Å². The van der Waals surface area contributed by atoms with Crippen LogP contribution in [0.1, 0.15) is 24.6 Å². The van der Waals surface area contributed by atoms with Gasteiger partial charge in [-0.2, -0.15) is 0 Å². The maximum atomic E-state index is 11.0. The van der Waals surface area contributed by atoms with Crippen molar-refractivity contribution in [1.29, 1.82) is 0 Å². The lowest BCUT2D eigenvalue weighted by atomic mass is 10.1. The second-order valence-corrected chi connectivity index (χ2v) is 6.40. The highest BCUT2D eigenvalue weighted by atomic mass is 35.5. The van der Waals surface area contributed by atoms with E-state index in [4.69, 9.17) is 16.7 Å². The van der Waals surface area contributed by atoms with Gasteiger partial charge in [-0.15, -0.1) is 0 Å². The molecule has 1 N–H and O–H groups in total. The minimum Gasteiger partial charge on any atom is -0.481 e. The summed E-state index contributed by atoms with van der Waals surface area (Å²) in [6, 6.07) is 20.1. The second-order valence-electron chi connectivity index (χ2n) is 5.97. The smallest absolute Gasteiger partial charge is 0.303 e. The van der Waals surface area contributed by atoms with Crippen molar-refractivity contribution in [3.63, 3.8) is 0 Å². The Kier molecular flexibility index (Phi) is 5.25. The summed E-state index contributed by atoms with van der Waals surface area (Å²) in [5, 5.41) is 9.73. The number of rotatable bonds is 6. The number of aromatic nitrogens is 1. The first-order valence-corrected chi connectivity index (χ1v) is 8.74. The van der Waals surface area contributed by atoms with Gasteiger partial charge in [-0.05, 0) is 60.4 Å². The predicted octanol–water partition coefficient (Wildman–Crippen LogP) is 5.38. The summed E-state index contributed by atoms with van der Waals surface area (Å²) in [6.45, 7) is 2.13. The number of aliphatic carboxylic acids is 1. The predicted molar refractivity (Wildman–Crippen MR) is 102 cm³/mol. The molecule has 4 heteroatoms. The zero-order chi connectivity index (χ0) is 17.8. The van der Waals surface area contributed by atoms with E-state index in [1.807, 2.05) is 36.4 Å². The first-order valence-electron chi connectivity index (χ1n) is 8.36. The Labute approximate surface area is 152 Å². The molecule has 0 amide bonds. The van der Waals surface area contributed by atoms with Crippen molar-refractivity contribution in [1.82, 2.24) is 4.57 Å². The molecular weight excluding hydrogens is 334 g/mol. The summed E-state index contributed by atoms with van der Waals surface area (Å²) >= 11 is 6.01. The first kappa shape index (κ1) is 17.3. The molecule has 3 aromatic rings. The number of hydrogen-bond acceptors (Lipinski definition) is 1. The maximum absolute atomic E-state index is 11.0. The highest BCUT2D eigenvalue weighted by Gasteiger charge is 2.13. The van der Waals surface area contributed by atoms with Gasteiger partial charge in [0, 0.05) is 16.4 Å². The van der Waals surface area contributed by atoms with Crippen LogP contribution in [0.4, 0.5) is 0 Å². The average Bonchev–Trinajstić information content (AvgIpc) is 3.04. The molecule has 0 radical (unpaired) electrons. The largest absolute Gasteiger partial charge is 0.481 e. The van der Waals surface area contributed by atoms with Crippen molar-refractivity contribution in [2.45, 2.75) is 26.2 Å². The third-order valence-corrected chi connectivity index (χ3v) is 4.55. The molecule has 0 aliphatic rings. The van der Waals surface area contributed by atoms with Gasteiger partial charge in [-0.25, -0.2) is 0 Å². The quantitative estimate of drug-likeness (QED) is 0.646. The van der Waals surface area contributed by atoms with Crippen LogP contribution in [0.25, 0.3) is 16.9 Å². The molecule has 0 saturated heterocycles. The van der Waals surface area contributed by atoms with Crippen LogP contribution in [0.15, 0.2) is 60.7 Å². The molecule has 2 aromatic carbocycles. The summed E-state index contributed by atoms with van der Waals surface area (Å²) in [5.41, 5.74) is 5.37. The van der Waals surface area contributed by atoms with Crippen LogP contribution < -0.4 is 0 Å². The molecule has 0 spiro atoms. The van der Waals surface area contributed by atoms with Crippen LogP contribution in [0.2, 0.25) is 5.02 Å². The molecule has 0 unspecified atom stereocenters. The highest BCUT2D eigenvalue weighted by molar-refractivity contribution is 6.30. The minimum absolute atomic E-state index is 0.108. The van der Waals surface area contributed by atoms with E-state index in [-0.39, 0.29) is 6.42 Å². The van der Waals surface area contributed by atoms with Gasteiger partial charge >= 0.3 is 5.97 Å². The molecule has 0 aliphatic heterocycles. The van der Waals surface area contributed by atoms with Crippen molar-refractivity contribution in [3.05, 3.63) is 76.9 Å². The van der Waals surface area contributed by atoms with Crippen LogP contribution in [-0.4, -0.2) is 15.6 Å². The number of carbonyl (C=O) groups is 1. The topological polar surface area (TPSA) is 42.2 Å². The van der Waals surface area contributed by atoms with Crippen LogP contribution in [0, 0.1) is 0 Å². The molecule has 0 aliphatic carbocycles. The van der Waals surface area contributed by atoms with Crippen molar-refractivity contribution in [2.24, 2.45) is 0 Å². The van der Waals surface area contributed by atoms with E-state index in [0.29, 0.717) is 11.4 Å². The molecular formula is C21H20ClNO2. The SMILES string of the molecule is CCc1ccc(-n2c(CCC(=O)O)ccc2-c2ccc(Cl)cc2)cc1. The van der Waals surface area contributed by atoms with Crippen LogP contribution >= 0.6 is 11.6 Å².